The molecule has 1 aromatic rings. The second-order valence-electron chi connectivity index (χ2n) is 3.58. The zero-order valence-electron chi connectivity index (χ0n) is 8.46. The molecule has 72 valence electrons. The molecule has 1 nitrogen and oxygen atoms in total. The molecule has 0 heterocycles. The molecular weight excluding hydrogens is 170 g/mol. The fraction of sp³-hybridized carbons (Fsp3) is 0.231. The molecule has 1 aliphatic carbocycles. The molecule has 0 amide bonds. The largest absolute Gasteiger partial charge is 0.398 e. The fourth-order valence-electron chi connectivity index (χ4n) is 2.00. The molecular formula is C13H15N. The Balaban J connectivity index is 2.56. The standard InChI is InChI=1S/C13H15N/c1-2-5-10-6-3-7-11-8-4-9-12(14)13(10)11/h2,4-6,8-9H,3,7,14H2,1H3. The lowest BCUT2D eigenvalue weighted by atomic mass is 9.89. The minimum absolute atomic E-state index is 0.895. The average molecular weight is 185 g/mol. The first-order valence-electron chi connectivity index (χ1n) is 5.03. The smallest absolute Gasteiger partial charge is 0.0396 e. The van der Waals surface area contributed by atoms with Gasteiger partial charge in [0, 0.05) is 11.3 Å². The summed E-state index contributed by atoms with van der Waals surface area (Å²) in [5.41, 5.74) is 10.8. The lowest BCUT2D eigenvalue weighted by Gasteiger charge is -2.17. The first-order valence-corrected chi connectivity index (χ1v) is 5.03. The van der Waals surface area contributed by atoms with Crippen LogP contribution in [0, 0.1) is 0 Å². The maximum atomic E-state index is 5.99. The Morgan fingerprint density at radius 3 is 3.00 bits per heavy atom. The summed E-state index contributed by atoms with van der Waals surface area (Å²) in [7, 11) is 0. The van der Waals surface area contributed by atoms with Crippen molar-refractivity contribution in [1.82, 2.24) is 0 Å². The molecule has 0 aliphatic heterocycles. The SMILES string of the molecule is CC=CC1=CCCc2cccc(N)c21. The predicted molar refractivity (Wildman–Crippen MR) is 62.0 cm³/mol. The van der Waals surface area contributed by atoms with Crippen molar-refractivity contribution in [2.75, 3.05) is 5.73 Å². The van der Waals surface area contributed by atoms with Crippen molar-refractivity contribution < 1.29 is 0 Å². The van der Waals surface area contributed by atoms with E-state index in [2.05, 4.69) is 24.3 Å². The first kappa shape index (κ1) is 9.07. The van der Waals surface area contributed by atoms with Crippen molar-refractivity contribution in [2.45, 2.75) is 19.8 Å². The molecule has 0 fully saturated rings. The van der Waals surface area contributed by atoms with Gasteiger partial charge in [-0.1, -0.05) is 30.4 Å². The van der Waals surface area contributed by atoms with Crippen LogP contribution in [0.2, 0.25) is 0 Å². The Morgan fingerprint density at radius 2 is 2.21 bits per heavy atom. The van der Waals surface area contributed by atoms with Gasteiger partial charge in [-0.05, 0) is 37.0 Å². The average Bonchev–Trinajstić information content (AvgIpc) is 2.19. The molecule has 0 aromatic heterocycles. The maximum absolute atomic E-state index is 5.99. The monoisotopic (exact) mass is 185 g/mol. The highest BCUT2D eigenvalue weighted by Crippen LogP contribution is 2.31. The molecule has 1 aromatic carbocycles. The zero-order valence-corrected chi connectivity index (χ0v) is 8.46. The van der Waals surface area contributed by atoms with Crippen LogP contribution in [0.15, 0.2) is 36.4 Å². The third-order valence-corrected chi connectivity index (χ3v) is 2.60. The highest BCUT2D eigenvalue weighted by Gasteiger charge is 2.12. The predicted octanol–water partition coefficient (Wildman–Crippen LogP) is 3.17. The van der Waals surface area contributed by atoms with Crippen LogP contribution in [0.4, 0.5) is 5.69 Å². The van der Waals surface area contributed by atoms with Crippen molar-refractivity contribution in [3.63, 3.8) is 0 Å². The van der Waals surface area contributed by atoms with Crippen LogP contribution in [-0.2, 0) is 6.42 Å². The van der Waals surface area contributed by atoms with Crippen LogP contribution in [0.1, 0.15) is 24.5 Å². The van der Waals surface area contributed by atoms with Crippen molar-refractivity contribution >= 4 is 11.3 Å². The summed E-state index contributed by atoms with van der Waals surface area (Å²) in [6.07, 6.45) is 8.69. The van der Waals surface area contributed by atoms with E-state index in [4.69, 9.17) is 5.73 Å². The van der Waals surface area contributed by atoms with E-state index in [9.17, 15) is 0 Å². The van der Waals surface area contributed by atoms with Gasteiger partial charge in [-0.25, -0.2) is 0 Å². The minimum atomic E-state index is 0.895. The molecule has 0 radical (unpaired) electrons. The number of fused-ring (bicyclic) bond motifs is 1. The van der Waals surface area contributed by atoms with Crippen LogP contribution in [-0.4, -0.2) is 0 Å². The van der Waals surface area contributed by atoms with Gasteiger partial charge in [-0.2, -0.15) is 0 Å². The normalized spacial score (nSPS) is 15.4. The van der Waals surface area contributed by atoms with Crippen LogP contribution >= 0.6 is 0 Å². The first-order chi connectivity index (χ1) is 6.83. The van der Waals surface area contributed by atoms with E-state index in [1.165, 1.54) is 16.7 Å². The van der Waals surface area contributed by atoms with Crippen molar-refractivity contribution in [3.05, 3.63) is 47.6 Å². The molecule has 0 saturated heterocycles. The van der Waals surface area contributed by atoms with Gasteiger partial charge in [0.15, 0.2) is 0 Å². The maximum Gasteiger partial charge on any atom is 0.0396 e. The molecule has 2 N–H and O–H groups in total. The van der Waals surface area contributed by atoms with Gasteiger partial charge in [0.2, 0.25) is 0 Å². The lowest BCUT2D eigenvalue weighted by Crippen LogP contribution is -2.02. The second-order valence-corrected chi connectivity index (χ2v) is 3.58. The van der Waals surface area contributed by atoms with Gasteiger partial charge in [0.05, 0.1) is 0 Å². The van der Waals surface area contributed by atoms with Crippen LogP contribution in [0.3, 0.4) is 0 Å². The number of rotatable bonds is 1. The number of hydrogen-bond acceptors (Lipinski definition) is 1. The van der Waals surface area contributed by atoms with Crippen LogP contribution in [0.25, 0.3) is 5.57 Å². The van der Waals surface area contributed by atoms with E-state index in [0.717, 1.165) is 18.5 Å². The number of allylic oxidation sites excluding steroid dienone is 4. The molecule has 0 saturated carbocycles. The van der Waals surface area contributed by atoms with Gasteiger partial charge in [-0.15, -0.1) is 0 Å². The van der Waals surface area contributed by atoms with E-state index in [0.29, 0.717) is 0 Å². The molecule has 1 aliphatic rings. The van der Waals surface area contributed by atoms with Gasteiger partial charge >= 0.3 is 0 Å². The Hall–Kier alpha value is -1.50. The molecule has 1 heteroatoms. The summed E-state index contributed by atoms with van der Waals surface area (Å²) in [6.45, 7) is 2.04. The number of anilines is 1. The number of aryl methyl sites for hydroxylation is 1. The topological polar surface area (TPSA) is 26.0 Å². The van der Waals surface area contributed by atoms with E-state index in [-0.39, 0.29) is 0 Å². The number of nitrogens with two attached hydrogens (primary N) is 1. The number of benzene rings is 1. The molecule has 14 heavy (non-hydrogen) atoms. The molecule has 2 rings (SSSR count). The highest BCUT2D eigenvalue weighted by atomic mass is 14.6. The number of hydrogen-bond donors (Lipinski definition) is 1. The van der Waals surface area contributed by atoms with Gasteiger partial charge in [-0.3, -0.25) is 0 Å². The zero-order chi connectivity index (χ0) is 9.97. The van der Waals surface area contributed by atoms with Crippen molar-refractivity contribution in [1.29, 1.82) is 0 Å². The Kier molecular flexibility index (Phi) is 2.40. The third-order valence-electron chi connectivity index (χ3n) is 2.60. The van der Waals surface area contributed by atoms with Gasteiger partial charge < -0.3 is 5.73 Å². The van der Waals surface area contributed by atoms with Crippen molar-refractivity contribution in [2.24, 2.45) is 0 Å². The van der Waals surface area contributed by atoms with E-state index in [1.807, 2.05) is 19.1 Å². The van der Waals surface area contributed by atoms with Crippen LogP contribution < -0.4 is 5.73 Å². The molecule has 0 atom stereocenters. The molecule has 0 bridgehead atoms. The summed E-state index contributed by atoms with van der Waals surface area (Å²) < 4.78 is 0. The lowest BCUT2D eigenvalue weighted by molar-refractivity contribution is 0.980. The summed E-state index contributed by atoms with van der Waals surface area (Å²) in [5.74, 6) is 0. The third kappa shape index (κ3) is 1.46. The summed E-state index contributed by atoms with van der Waals surface area (Å²) in [4.78, 5) is 0. The van der Waals surface area contributed by atoms with Crippen LogP contribution in [0.5, 0.6) is 0 Å². The summed E-state index contributed by atoms with van der Waals surface area (Å²) in [6, 6.07) is 6.18. The molecule has 0 spiro atoms. The Labute approximate surface area is 84.9 Å². The Morgan fingerprint density at radius 1 is 1.36 bits per heavy atom. The molecule has 0 unspecified atom stereocenters. The van der Waals surface area contributed by atoms with Crippen molar-refractivity contribution in [3.8, 4) is 0 Å². The Bertz CT molecular complexity index is 400. The van der Waals surface area contributed by atoms with Gasteiger partial charge in [0.25, 0.3) is 0 Å². The highest BCUT2D eigenvalue weighted by molar-refractivity contribution is 5.84. The van der Waals surface area contributed by atoms with Gasteiger partial charge in [0.1, 0.15) is 0 Å². The summed E-state index contributed by atoms with van der Waals surface area (Å²) in [5, 5.41) is 0. The number of nitrogen functional groups attached to an aromatic ring is 1. The van der Waals surface area contributed by atoms with E-state index in [1.54, 1.807) is 0 Å². The van der Waals surface area contributed by atoms with E-state index >= 15 is 0 Å². The minimum Gasteiger partial charge on any atom is -0.398 e. The summed E-state index contributed by atoms with van der Waals surface area (Å²) >= 11 is 0. The quantitative estimate of drug-likeness (QED) is 0.668. The van der Waals surface area contributed by atoms with E-state index < -0.39 is 0 Å². The fourth-order valence-corrected chi connectivity index (χ4v) is 2.00. The second kappa shape index (κ2) is 3.70.